The van der Waals surface area contributed by atoms with E-state index in [0.29, 0.717) is 0 Å². The van der Waals surface area contributed by atoms with Crippen LogP contribution in [0.2, 0.25) is 0 Å². The molecule has 0 saturated carbocycles. The molecule has 1 heterocycles. The molecule has 1 nitrogen and oxygen atoms in total. The van der Waals surface area contributed by atoms with E-state index in [1.54, 1.807) is 0 Å². The average Bonchev–Trinajstić information content (AvgIpc) is 2.07. The van der Waals surface area contributed by atoms with E-state index in [2.05, 4.69) is 46.4 Å². The van der Waals surface area contributed by atoms with Gasteiger partial charge in [0, 0.05) is 11.1 Å². The summed E-state index contributed by atoms with van der Waals surface area (Å²) >= 11 is 0. The van der Waals surface area contributed by atoms with Crippen LogP contribution in [0.15, 0.2) is 0 Å². The molecular formula is C15H29N. The van der Waals surface area contributed by atoms with Gasteiger partial charge in [0.15, 0.2) is 0 Å². The van der Waals surface area contributed by atoms with Crippen molar-refractivity contribution in [1.29, 1.82) is 0 Å². The van der Waals surface area contributed by atoms with Crippen LogP contribution in [0.25, 0.3) is 0 Å². The lowest BCUT2D eigenvalue weighted by atomic mass is 9.74. The highest BCUT2D eigenvalue weighted by Gasteiger charge is 2.37. The van der Waals surface area contributed by atoms with E-state index < -0.39 is 0 Å². The number of rotatable bonds is 5. The Hall–Kier alpha value is -0.0400. The summed E-state index contributed by atoms with van der Waals surface area (Å²) in [4.78, 5) is 0. The van der Waals surface area contributed by atoms with Crippen molar-refractivity contribution in [2.45, 2.75) is 77.3 Å². The summed E-state index contributed by atoms with van der Waals surface area (Å²) in [7, 11) is 0. The maximum atomic E-state index is 3.89. The highest BCUT2D eigenvalue weighted by molar-refractivity contribution is 5.00. The normalized spacial score (nSPS) is 24.6. The summed E-state index contributed by atoms with van der Waals surface area (Å²) in [5.41, 5.74) is 0.574. The van der Waals surface area contributed by atoms with Crippen LogP contribution in [0.1, 0.15) is 66.2 Å². The molecular weight excluding hydrogens is 194 g/mol. The van der Waals surface area contributed by atoms with Gasteiger partial charge in [-0.05, 0) is 59.3 Å². The quantitative estimate of drug-likeness (QED) is 0.691. The first-order valence-electron chi connectivity index (χ1n) is 6.77. The Morgan fingerprint density at radius 3 is 2.19 bits per heavy atom. The van der Waals surface area contributed by atoms with Gasteiger partial charge < -0.3 is 5.32 Å². The van der Waals surface area contributed by atoms with Crippen LogP contribution in [0.3, 0.4) is 0 Å². The molecule has 0 bridgehead atoms. The van der Waals surface area contributed by atoms with E-state index in [4.69, 9.17) is 0 Å². The molecule has 1 N–H and O–H groups in total. The predicted molar refractivity (Wildman–Crippen MR) is 72.1 cm³/mol. The minimum Gasteiger partial charge on any atom is -0.307 e. The number of unbranched alkanes of at least 4 members (excludes halogenated alkanes) is 3. The third-order valence-corrected chi connectivity index (χ3v) is 3.43. The van der Waals surface area contributed by atoms with Crippen LogP contribution >= 0.6 is 0 Å². The largest absolute Gasteiger partial charge is 0.307 e. The van der Waals surface area contributed by atoms with Crippen molar-refractivity contribution in [2.75, 3.05) is 0 Å². The standard InChI is InChI=1S/C15H29N/c1-6-7-8-9-10-13-11-14(2,3)16-15(4,5)12-13/h10,13,16H,1,6-9,11-12H2,2-5H3. The Labute approximate surface area is 102 Å². The molecule has 1 saturated heterocycles. The molecule has 0 amide bonds. The van der Waals surface area contributed by atoms with Crippen LogP contribution in [0.4, 0.5) is 0 Å². The Balaban J connectivity index is 2.36. The van der Waals surface area contributed by atoms with Crippen molar-refractivity contribution in [3.05, 3.63) is 13.3 Å². The molecule has 0 aromatic carbocycles. The number of piperidine rings is 1. The molecule has 1 aliphatic rings. The zero-order chi connectivity index (χ0) is 12.2. The summed E-state index contributed by atoms with van der Waals surface area (Å²) in [6, 6.07) is 0. The first-order valence-corrected chi connectivity index (χ1v) is 6.77. The van der Waals surface area contributed by atoms with Crippen LogP contribution in [-0.2, 0) is 0 Å². The Kier molecular flexibility index (Phi) is 4.85. The van der Waals surface area contributed by atoms with Gasteiger partial charge in [-0.1, -0.05) is 26.2 Å². The van der Waals surface area contributed by atoms with E-state index in [0.717, 1.165) is 12.3 Å². The lowest BCUT2D eigenvalue weighted by Gasteiger charge is -2.46. The molecule has 0 atom stereocenters. The van der Waals surface area contributed by atoms with E-state index >= 15 is 0 Å². The second kappa shape index (κ2) is 5.53. The Morgan fingerprint density at radius 2 is 1.69 bits per heavy atom. The number of nitrogens with one attached hydrogen (secondary N) is 1. The van der Waals surface area contributed by atoms with E-state index in [9.17, 15) is 0 Å². The second-order valence-corrected chi connectivity index (χ2v) is 6.65. The van der Waals surface area contributed by atoms with Gasteiger partial charge in [-0.15, -0.1) is 0 Å². The molecule has 1 rings (SSSR count). The smallest absolute Gasteiger partial charge is 0.0132 e. The van der Waals surface area contributed by atoms with Gasteiger partial charge in [0.2, 0.25) is 0 Å². The van der Waals surface area contributed by atoms with Crippen LogP contribution in [0, 0.1) is 19.3 Å². The SMILES string of the molecule is [CH2]CCCC[CH]C1CC(C)(C)NC(C)(C)C1. The molecule has 0 aliphatic carbocycles. The van der Waals surface area contributed by atoms with Gasteiger partial charge in [-0.2, -0.15) is 0 Å². The van der Waals surface area contributed by atoms with E-state index in [-0.39, 0.29) is 11.1 Å². The van der Waals surface area contributed by atoms with Gasteiger partial charge in [-0.25, -0.2) is 0 Å². The third kappa shape index (κ3) is 4.86. The van der Waals surface area contributed by atoms with Gasteiger partial charge in [0.1, 0.15) is 0 Å². The molecule has 1 aliphatic heterocycles. The van der Waals surface area contributed by atoms with Crippen LogP contribution in [-0.4, -0.2) is 11.1 Å². The van der Waals surface area contributed by atoms with Gasteiger partial charge in [-0.3, -0.25) is 0 Å². The summed E-state index contributed by atoms with van der Waals surface area (Å²) in [5.74, 6) is 0.788. The van der Waals surface area contributed by atoms with Crippen molar-refractivity contribution in [1.82, 2.24) is 5.32 Å². The molecule has 1 fully saturated rings. The molecule has 0 unspecified atom stereocenters. The molecule has 0 aromatic rings. The van der Waals surface area contributed by atoms with Crippen molar-refractivity contribution in [3.8, 4) is 0 Å². The summed E-state index contributed by atoms with van der Waals surface area (Å²) in [5, 5.41) is 3.73. The molecule has 16 heavy (non-hydrogen) atoms. The van der Waals surface area contributed by atoms with Crippen molar-refractivity contribution in [2.24, 2.45) is 5.92 Å². The molecule has 94 valence electrons. The Morgan fingerprint density at radius 1 is 1.12 bits per heavy atom. The van der Waals surface area contributed by atoms with Gasteiger partial charge in [0.25, 0.3) is 0 Å². The Bertz CT molecular complexity index is 189. The van der Waals surface area contributed by atoms with Crippen LogP contribution in [0.5, 0.6) is 0 Å². The summed E-state index contributed by atoms with van der Waals surface area (Å²) in [6.07, 6.45) is 10.0. The summed E-state index contributed by atoms with van der Waals surface area (Å²) < 4.78 is 0. The second-order valence-electron chi connectivity index (χ2n) is 6.65. The number of hydrogen-bond donors (Lipinski definition) is 1. The van der Waals surface area contributed by atoms with E-state index in [1.807, 2.05) is 0 Å². The maximum Gasteiger partial charge on any atom is 0.0132 e. The molecule has 2 radical (unpaired) electrons. The fourth-order valence-corrected chi connectivity index (χ4v) is 3.24. The van der Waals surface area contributed by atoms with Crippen LogP contribution < -0.4 is 5.32 Å². The fourth-order valence-electron chi connectivity index (χ4n) is 3.24. The van der Waals surface area contributed by atoms with Crippen molar-refractivity contribution < 1.29 is 0 Å². The molecule has 1 heteroatoms. The number of hydrogen-bond acceptors (Lipinski definition) is 1. The predicted octanol–water partition coefficient (Wildman–Crippen LogP) is 4.14. The maximum absolute atomic E-state index is 3.89. The highest BCUT2D eigenvalue weighted by Crippen LogP contribution is 2.35. The average molecular weight is 223 g/mol. The fraction of sp³-hybridized carbons (Fsp3) is 0.867. The topological polar surface area (TPSA) is 12.0 Å². The zero-order valence-corrected chi connectivity index (χ0v) is 11.6. The van der Waals surface area contributed by atoms with E-state index in [1.165, 1.54) is 32.1 Å². The minimum atomic E-state index is 0.287. The molecule has 0 aromatic heterocycles. The van der Waals surface area contributed by atoms with Crippen molar-refractivity contribution >= 4 is 0 Å². The first-order chi connectivity index (χ1) is 7.35. The highest BCUT2D eigenvalue weighted by atomic mass is 15.0. The van der Waals surface area contributed by atoms with Gasteiger partial charge in [0.05, 0.1) is 0 Å². The third-order valence-electron chi connectivity index (χ3n) is 3.43. The lowest BCUT2D eigenvalue weighted by molar-refractivity contribution is 0.141. The lowest BCUT2D eigenvalue weighted by Crippen LogP contribution is -2.57. The minimum absolute atomic E-state index is 0.287. The monoisotopic (exact) mass is 223 g/mol. The van der Waals surface area contributed by atoms with Gasteiger partial charge >= 0.3 is 0 Å². The first kappa shape index (κ1) is 14.0. The van der Waals surface area contributed by atoms with Crippen molar-refractivity contribution in [3.63, 3.8) is 0 Å². The molecule has 0 spiro atoms. The summed E-state index contributed by atoms with van der Waals surface area (Å²) in [6.45, 7) is 13.2. The zero-order valence-electron chi connectivity index (χ0n) is 11.6.